The number of amides is 1. The molecule has 1 aliphatic heterocycles. The molecule has 0 atom stereocenters. The summed E-state index contributed by atoms with van der Waals surface area (Å²) in [5.74, 6) is 1.42. The normalized spacial score (nSPS) is 14.3. The number of fused-ring (bicyclic) bond motifs is 1. The van der Waals surface area contributed by atoms with Crippen molar-refractivity contribution in [1.29, 1.82) is 0 Å². The molecule has 28 heavy (non-hydrogen) atoms. The lowest BCUT2D eigenvalue weighted by Crippen LogP contribution is -2.38. The number of benzene rings is 2. The number of carbonyl (C=O) groups is 1. The Labute approximate surface area is 175 Å². The SMILES string of the molecule is Cc1cc(Nc2c(C(=O)N3CCSCC3)cnc3ccc(F)cc23)ccc1Br. The first kappa shape index (κ1) is 19.2. The quantitative estimate of drug-likeness (QED) is 0.571. The molecule has 2 aromatic carbocycles. The van der Waals surface area contributed by atoms with Crippen molar-refractivity contribution >= 4 is 55.9 Å². The predicted octanol–water partition coefficient (Wildman–Crippen LogP) is 5.38. The molecule has 0 spiro atoms. The van der Waals surface area contributed by atoms with Crippen LogP contribution in [0, 0.1) is 12.7 Å². The van der Waals surface area contributed by atoms with Crippen LogP contribution in [0.25, 0.3) is 10.9 Å². The molecule has 0 radical (unpaired) electrons. The van der Waals surface area contributed by atoms with Crippen molar-refractivity contribution in [2.75, 3.05) is 29.9 Å². The van der Waals surface area contributed by atoms with Crippen LogP contribution in [0.1, 0.15) is 15.9 Å². The molecular weight excluding hydrogens is 441 g/mol. The third kappa shape index (κ3) is 3.86. The van der Waals surface area contributed by atoms with Crippen LogP contribution >= 0.6 is 27.7 Å². The molecule has 2 heterocycles. The highest BCUT2D eigenvalue weighted by Crippen LogP contribution is 2.32. The minimum atomic E-state index is -0.358. The lowest BCUT2D eigenvalue weighted by molar-refractivity contribution is 0.0773. The number of rotatable bonds is 3. The number of hydrogen-bond donors (Lipinski definition) is 1. The summed E-state index contributed by atoms with van der Waals surface area (Å²) in [5.41, 5.74) is 3.60. The molecule has 4 nitrogen and oxygen atoms in total. The zero-order valence-corrected chi connectivity index (χ0v) is 17.7. The molecular formula is C21H19BrFN3OS. The molecule has 144 valence electrons. The Kier molecular flexibility index (Phi) is 5.55. The summed E-state index contributed by atoms with van der Waals surface area (Å²) < 4.78 is 15.0. The minimum absolute atomic E-state index is 0.0738. The van der Waals surface area contributed by atoms with Gasteiger partial charge in [0.05, 0.1) is 16.8 Å². The van der Waals surface area contributed by atoms with Gasteiger partial charge in [-0.05, 0) is 48.9 Å². The topological polar surface area (TPSA) is 45.2 Å². The van der Waals surface area contributed by atoms with Gasteiger partial charge in [0, 0.05) is 46.3 Å². The van der Waals surface area contributed by atoms with Crippen LogP contribution < -0.4 is 5.32 Å². The van der Waals surface area contributed by atoms with E-state index in [-0.39, 0.29) is 11.7 Å². The lowest BCUT2D eigenvalue weighted by Gasteiger charge is -2.27. The maximum atomic E-state index is 14.0. The zero-order valence-electron chi connectivity index (χ0n) is 15.3. The van der Waals surface area contributed by atoms with Gasteiger partial charge in [0.1, 0.15) is 5.82 Å². The van der Waals surface area contributed by atoms with Crippen LogP contribution in [0.3, 0.4) is 0 Å². The Morgan fingerprint density at radius 3 is 2.75 bits per heavy atom. The molecule has 1 fully saturated rings. The highest BCUT2D eigenvalue weighted by molar-refractivity contribution is 9.10. The number of aryl methyl sites for hydroxylation is 1. The van der Waals surface area contributed by atoms with E-state index >= 15 is 0 Å². The van der Waals surface area contributed by atoms with Gasteiger partial charge < -0.3 is 10.2 Å². The van der Waals surface area contributed by atoms with Crippen molar-refractivity contribution in [1.82, 2.24) is 9.88 Å². The van der Waals surface area contributed by atoms with Crippen molar-refractivity contribution < 1.29 is 9.18 Å². The number of nitrogens with zero attached hydrogens (tertiary/aromatic N) is 2. The van der Waals surface area contributed by atoms with Gasteiger partial charge in [0.15, 0.2) is 0 Å². The van der Waals surface area contributed by atoms with E-state index in [2.05, 4.69) is 26.2 Å². The molecule has 0 aliphatic carbocycles. The van der Waals surface area contributed by atoms with Crippen molar-refractivity contribution in [3.63, 3.8) is 0 Å². The second-order valence-electron chi connectivity index (χ2n) is 6.70. The fourth-order valence-electron chi connectivity index (χ4n) is 3.27. The number of thioether (sulfide) groups is 1. The van der Waals surface area contributed by atoms with Crippen molar-refractivity contribution in [3.05, 3.63) is 64.0 Å². The molecule has 1 aliphatic rings. The number of halogens is 2. The van der Waals surface area contributed by atoms with Crippen LogP contribution in [0.4, 0.5) is 15.8 Å². The third-order valence-electron chi connectivity index (χ3n) is 4.79. The smallest absolute Gasteiger partial charge is 0.257 e. The zero-order chi connectivity index (χ0) is 19.7. The minimum Gasteiger partial charge on any atom is -0.354 e. The molecule has 0 bridgehead atoms. The van der Waals surface area contributed by atoms with Gasteiger partial charge in [-0.2, -0.15) is 11.8 Å². The van der Waals surface area contributed by atoms with E-state index in [0.29, 0.717) is 35.2 Å². The summed E-state index contributed by atoms with van der Waals surface area (Å²) in [6.07, 6.45) is 1.60. The number of nitrogens with one attached hydrogen (secondary N) is 1. The summed E-state index contributed by atoms with van der Waals surface area (Å²) in [6, 6.07) is 10.3. The molecule has 7 heteroatoms. The largest absolute Gasteiger partial charge is 0.354 e. The highest BCUT2D eigenvalue weighted by Gasteiger charge is 2.23. The van der Waals surface area contributed by atoms with Crippen molar-refractivity contribution in [2.45, 2.75) is 6.92 Å². The molecule has 0 unspecified atom stereocenters. The number of aromatic nitrogens is 1. The van der Waals surface area contributed by atoms with E-state index in [9.17, 15) is 9.18 Å². The Hall–Kier alpha value is -2.12. The molecule has 4 rings (SSSR count). The van der Waals surface area contributed by atoms with E-state index in [1.54, 1.807) is 12.3 Å². The average molecular weight is 460 g/mol. The van der Waals surface area contributed by atoms with Gasteiger partial charge >= 0.3 is 0 Å². The first-order valence-corrected chi connectivity index (χ1v) is 11.0. The summed E-state index contributed by atoms with van der Waals surface area (Å²) in [7, 11) is 0. The summed E-state index contributed by atoms with van der Waals surface area (Å²) >= 11 is 5.35. The van der Waals surface area contributed by atoms with E-state index < -0.39 is 0 Å². The summed E-state index contributed by atoms with van der Waals surface area (Å²) in [4.78, 5) is 19.4. The third-order valence-corrected chi connectivity index (χ3v) is 6.62. The molecule has 0 saturated carbocycles. The number of hydrogen-bond acceptors (Lipinski definition) is 4. The Morgan fingerprint density at radius 2 is 2.00 bits per heavy atom. The van der Waals surface area contributed by atoms with Crippen LogP contribution in [0.15, 0.2) is 47.1 Å². The van der Waals surface area contributed by atoms with E-state index in [1.165, 1.54) is 12.1 Å². The summed E-state index contributed by atoms with van der Waals surface area (Å²) in [6.45, 7) is 3.42. The van der Waals surface area contributed by atoms with Crippen molar-refractivity contribution in [3.8, 4) is 0 Å². The first-order chi connectivity index (χ1) is 13.5. The van der Waals surface area contributed by atoms with E-state index in [1.807, 2.05) is 41.8 Å². The van der Waals surface area contributed by atoms with Gasteiger partial charge in [0.2, 0.25) is 0 Å². The maximum absolute atomic E-state index is 14.0. The fourth-order valence-corrected chi connectivity index (χ4v) is 4.41. The van der Waals surface area contributed by atoms with Gasteiger partial charge in [0.25, 0.3) is 5.91 Å². The van der Waals surface area contributed by atoms with Gasteiger partial charge in [-0.1, -0.05) is 15.9 Å². The highest BCUT2D eigenvalue weighted by atomic mass is 79.9. The van der Waals surface area contributed by atoms with Gasteiger partial charge in [-0.3, -0.25) is 9.78 Å². The monoisotopic (exact) mass is 459 g/mol. The molecule has 1 saturated heterocycles. The van der Waals surface area contributed by atoms with Crippen LogP contribution in [-0.4, -0.2) is 40.4 Å². The molecule has 1 amide bonds. The fraction of sp³-hybridized carbons (Fsp3) is 0.238. The molecule has 1 aromatic heterocycles. The average Bonchev–Trinajstić information content (AvgIpc) is 2.71. The predicted molar refractivity (Wildman–Crippen MR) is 117 cm³/mol. The van der Waals surface area contributed by atoms with Gasteiger partial charge in [-0.25, -0.2) is 4.39 Å². The molecule has 3 aromatic rings. The Morgan fingerprint density at radius 1 is 1.21 bits per heavy atom. The first-order valence-electron chi connectivity index (χ1n) is 9.01. The lowest BCUT2D eigenvalue weighted by atomic mass is 10.1. The number of carbonyl (C=O) groups excluding carboxylic acids is 1. The maximum Gasteiger partial charge on any atom is 0.257 e. The van der Waals surface area contributed by atoms with Crippen LogP contribution in [0.2, 0.25) is 0 Å². The van der Waals surface area contributed by atoms with Gasteiger partial charge in [-0.15, -0.1) is 0 Å². The second kappa shape index (κ2) is 8.09. The van der Waals surface area contributed by atoms with Crippen LogP contribution in [0.5, 0.6) is 0 Å². The Bertz CT molecular complexity index is 1050. The van der Waals surface area contributed by atoms with Crippen LogP contribution in [-0.2, 0) is 0 Å². The number of pyridine rings is 1. The van der Waals surface area contributed by atoms with E-state index in [0.717, 1.165) is 27.2 Å². The van der Waals surface area contributed by atoms with E-state index in [4.69, 9.17) is 0 Å². The summed E-state index contributed by atoms with van der Waals surface area (Å²) in [5, 5.41) is 3.95. The molecule has 1 N–H and O–H groups in total. The number of anilines is 2. The second-order valence-corrected chi connectivity index (χ2v) is 8.78. The standard InChI is InChI=1S/C21H19BrFN3OS/c1-13-10-15(3-4-18(13)22)25-20-16-11-14(23)2-5-19(16)24-12-17(20)21(27)26-6-8-28-9-7-26/h2-5,10-12H,6-9H2,1H3,(H,24,25). The Balaban J connectivity index is 1.83. The van der Waals surface area contributed by atoms with Crippen molar-refractivity contribution in [2.24, 2.45) is 0 Å².